The Kier molecular flexibility index (Phi) is 18.8. The fourth-order valence-corrected chi connectivity index (χ4v) is 3.06. The van der Waals surface area contributed by atoms with Gasteiger partial charge in [-0.25, -0.2) is 0 Å². The van der Waals surface area contributed by atoms with Gasteiger partial charge in [-0.3, -0.25) is 0 Å². The molecule has 2 aromatic carbocycles. The van der Waals surface area contributed by atoms with Crippen molar-refractivity contribution in [2.24, 2.45) is 0 Å². The van der Waals surface area contributed by atoms with Gasteiger partial charge in [-0.1, -0.05) is 76.6 Å². The minimum absolute atomic E-state index is 0. The molecule has 5 nitrogen and oxygen atoms in total. The van der Waals surface area contributed by atoms with Gasteiger partial charge in [0.1, 0.15) is 5.75 Å². The number of aryl methyl sites for hydroxylation is 1. The van der Waals surface area contributed by atoms with E-state index in [2.05, 4.69) is 62.6 Å². The van der Waals surface area contributed by atoms with Gasteiger partial charge in [-0.15, -0.1) is 0 Å². The fraction of sp³-hybridized carbons (Fsp3) is 0.556. The number of hydrogen-bond acceptors (Lipinski definition) is 4. The molecule has 1 aliphatic rings. The van der Waals surface area contributed by atoms with Crippen molar-refractivity contribution in [2.45, 2.75) is 71.1 Å². The number of aliphatic hydroxyl groups excluding tert-OH is 2. The fourth-order valence-electron chi connectivity index (χ4n) is 3.06. The third-order valence-electron chi connectivity index (χ3n) is 5.28. The van der Waals surface area contributed by atoms with Gasteiger partial charge in [-0.2, -0.15) is 7.05 Å². The van der Waals surface area contributed by atoms with Gasteiger partial charge < -0.3 is 25.6 Å². The van der Waals surface area contributed by atoms with Crippen molar-refractivity contribution in [3.8, 4) is 5.75 Å². The van der Waals surface area contributed by atoms with Crippen molar-refractivity contribution in [2.75, 3.05) is 26.7 Å². The Morgan fingerprint density at radius 3 is 1.91 bits per heavy atom. The molecule has 1 aliphatic heterocycles. The predicted octanol–water partition coefficient (Wildman–Crippen LogP) is 2.06. The molecule has 3 N–H and O–H groups in total. The van der Waals surface area contributed by atoms with E-state index in [4.69, 9.17) is 9.84 Å². The van der Waals surface area contributed by atoms with Crippen LogP contribution in [0.25, 0.3) is 5.32 Å². The molecule has 0 spiro atoms. The first kappa shape index (κ1) is 32.7. The van der Waals surface area contributed by atoms with E-state index >= 15 is 0 Å². The van der Waals surface area contributed by atoms with Gasteiger partial charge in [0.05, 0.1) is 0 Å². The number of nitrogens with zero attached hydrogens (tertiary/aromatic N) is 1. The minimum Gasteiger partial charge on any atom is -0.655 e. The summed E-state index contributed by atoms with van der Waals surface area (Å²) in [6.07, 6.45) is 4.24. The third-order valence-corrected chi connectivity index (χ3v) is 5.28. The summed E-state index contributed by atoms with van der Waals surface area (Å²) in [5, 5.41) is 25.4. The second kappa shape index (κ2) is 19.0. The number of para-hydroxylation sites is 1. The molecule has 2 unspecified atom stereocenters. The molecule has 3 rings (SSSR count). The van der Waals surface area contributed by atoms with Gasteiger partial charge in [0.25, 0.3) is 0 Å². The van der Waals surface area contributed by atoms with E-state index in [0.29, 0.717) is 5.75 Å². The Hall–Kier alpha value is -0.284. The molecule has 180 valence electrons. The molecule has 1 saturated heterocycles. The predicted molar refractivity (Wildman–Crippen MR) is 134 cm³/mol. The SMILES string of the molecule is C1CCNCC1.CCc1ccc(C(C)(C)C)cc1.C[N-]C(CO)C(O)Oc1ccccc1.[K+]. The molecule has 0 aromatic heterocycles. The molecule has 2 atom stereocenters. The molecule has 1 heterocycles. The number of benzene rings is 2. The summed E-state index contributed by atoms with van der Waals surface area (Å²) in [6, 6.07) is 17.2. The topological polar surface area (TPSA) is 75.8 Å². The number of piperidine rings is 1. The molecule has 0 bridgehead atoms. The standard InChI is InChI=1S/C12H18.C10H14NO3.C5H11N.K/c1-5-10-6-8-11(9-7-10)12(2,3)4;1-11-9(7-12)10(13)14-8-5-3-2-4-6-8;1-2-4-6-5-3-1;/h6-9H,5H2,1-4H3;2-6,9-10,12-13H,7H2,1H3;6H,1-5H2;/q;-1;;+1. The Morgan fingerprint density at radius 1 is 0.970 bits per heavy atom. The molecular formula is C27H43KN2O3. The summed E-state index contributed by atoms with van der Waals surface area (Å²) in [7, 11) is 1.53. The Labute approximate surface area is 244 Å². The van der Waals surface area contributed by atoms with Crippen LogP contribution in [0, 0.1) is 0 Å². The van der Waals surface area contributed by atoms with Gasteiger partial charge in [0, 0.05) is 6.61 Å². The van der Waals surface area contributed by atoms with Crippen LogP contribution in [0.4, 0.5) is 0 Å². The molecule has 0 amide bonds. The summed E-state index contributed by atoms with van der Waals surface area (Å²) in [5.74, 6) is 0.558. The molecule has 33 heavy (non-hydrogen) atoms. The summed E-state index contributed by atoms with van der Waals surface area (Å²) in [5.41, 5.74) is 3.12. The van der Waals surface area contributed by atoms with Crippen molar-refractivity contribution >= 4 is 0 Å². The average Bonchev–Trinajstić information content (AvgIpc) is 2.82. The van der Waals surface area contributed by atoms with E-state index in [-0.39, 0.29) is 63.4 Å². The maximum atomic E-state index is 9.49. The van der Waals surface area contributed by atoms with Crippen molar-refractivity contribution < 1.29 is 66.3 Å². The summed E-state index contributed by atoms with van der Waals surface area (Å²) >= 11 is 0. The zero-order valence-corrected chi connectivity index (χ0v) is 24.7. The van der Waals surface area contributed by atoms with E-state index in [1.807, 2.05) is 6.07 Å². The first-order valence-corrected chi connectivity index (χ1v) is 11.7. The molecule has 0 radical (unpaired) electrons. The molecule has 6 heteroatoms. The van der Waals surface area contributed by atoms with E-state index in [1.54, 1.807) is 24.3 Å². The third kappa shape index (κ3) is 14.7. The number of ether oxygens (including phenoxy) is 1. The van der Waals surface area contributed by atoms with E-state index in [9.17, 15) is 5.11 Å². The van der Waals surface area contributed by atoms with Crippen LogP contribution in [0.2, 0.25) is 0 Å². The van der Waals surface area contributed by atoms with Gasteiger partial charge in [0.15, 0.2) is 6.29 Å². The van der Waals surface area contributed by atoms with Gasteiger partial charge >= 0.3 is 51.4 Å². The number of aliphatic hydroxyl groups is 2. The number of nitrogens with one attached hydrogen (secondary N) is 1. The summed E-state index contributed by atoms with van der Waals surface area (Å²) in [4.78, 5) is 0. The van der Waals surface area contributed by atoms with Crippen LogP contribution in [-0.4, -0.2) is 49.3 Å². The molecule has 0 aliphatic carbocycles. The normalized spacial score (nSPS) is 14.9. The second-order valence-electron chi connectivity index (χ2n) is 8.94. The Morgan fingerprint density at radius 2 is 1.55 bits per heavy atom. The van der Waals surface area contributed by atoms with Crippen molar-refractivity contribution in [1.29, 1.82) is 0 Å². The van der Waals surface area contributed by atoms with Crippen LogP contribution in [0.15, 0.2) is 54.6 Å². The number of likely N-dealkylation sites (N-methyl/N-ethyl adjacent to an activating group) is 1. The van der Waals surface area contributed by atoms with E-state index in [1.165, 1.54) is 50.5 Å². The molecule has 1 fully saturated rings. The largest absolute Gasteiger partial charge is 1.00 e. The first-order valence-electron chi connectivity index (χ1n) is 11.7. The summed E-state index contributed by atoms with van der Waals surface area (Å²) < 4.78 is 5.16. The zero-order valence-electron chi connectivity index (χ0n) is 21.6. The maximum absolute atomic E-state index is 9.49. The smallest absolute Gasteiger partial charge is 0.655 e. The van der Waals surface area contributed by atoms with Crippen LogP contribution in [0.1, 0.15) is 58.1 Å². The summed E-state index contributed by atoms with van der Waals surface area (Å²) in [6.45, 7) is 11.2. The first-order chi connectivity index (χ1) is 15.3. The molecule has 2 aromatic rings. The van der Waals surface area contributed by atoms with Crippen LogP contribution in [0.3, 0.4) is 0 Å². The Bertz CT molecular complexity index is 686. The van der Waals surface area contributed by atoms with Crippen LogP contribution < -0.4 is 61.4 Å². The minimum atomic E-state index is -1.10. The van der Waals surface area contributed by atoms with Crippen molar-refractivity contribution in [3.05, 3.63) is 71.0 Å². The maximum Gasteiger partial charge on any atom is 1.00 e. The zero-order chi connectivity index (χ0) is 23.8. The van der Waals surface area contributed by atoms with Crippen LogP contribution in [0.5, 0.6) is 5.75 Å². The van der Waals surface area contributed by atoms with Gasteiger partial charge in [-0.05, 0) is 67.1 Å². The monoisotopic (exact) mass is 482 g/mol. The second-order valence-corrected chi connectivity index (χ2v) is 8.94. The molecular weight excluding hydrogens is 439 g/mol. The van der Waals surface area contributed by atoms with Crippen LogP contribution in [-0.2, 0) is 11.8 Å². The van der Waals surface area contributed by atoms with E-state index < -0.39 is 12.3 Å². The average molecular weight is 483 g/mol. The number of hydrogen-bond donors (Lipinski definition) is 3. The van der Waals surface area contributed by atoms with Crippen LogP contribution >= 0.6 is 0 Å². The molecule has 0 saturated carbocycles. The number of rotatable bonds is 6. The quantitative estimate of drug-likeness (QED) is 0.435. The van der Waals surface area contributed by atoms with Crippen molar-refractivity contribution in [1.82, 2.24) is 5.32 Å². The van der Waals surface area contributed by atoms with Gasteiger partial charge in [0.2, 0.25) is 0 Å². The van der Waals surface area contributed by atoms with Crippen molar-refractivity contribution in [3.63, 3.8) is 0 Å². The van der Waals surface area contributed by atoms with E-state index in [0.717, 1.165) is 6.42 Å². The Balaban J connectivity index is 0.000000490.